The molecule has 0 saturated heterocycles. The summed E-state index contributed by atoms with van der Waals surface area (Å²) in [6, 6.07) is 4.69. The highest BCUT2D eigenvalue weighted by molar-refractivity contribution is 6.17. The van der Waals surface area contributed by atoms with Crippen molar-refractivity contribution in [2.45, 2.75) is 12.5 Å². The van der Waals surface area contributed by atoms with E-state index in [2.05, 4.69) is 5.10 Å². The molecule has 0 saturated carbocycles. The lowest BCUT2D eigenvalue weighted by atomic mass is 10.2. The molecule has 19 heavy (non-hydrogen) atoms. The second-order valence-corrected chi connectivity index (χ2v) is 4.27. The van der Waals surface area contributed by atoms with Crippen molar-refractivity contribution < 1.29 is 9.66 Å². The highest BCUT2D eigenvalue weighted by Crippen LogP contribution is 2.29. The molecule has 0 aliphatic rings. The zero-order valence-corrected chi connectivity index (χ0v) is 11.0. The monoisotopic (exact) mass is 281 g/mol. The van der Waals surface area contributed by atoms with E-state index in [1.54, 1.807) is 36.3 Å². The number of nitrogens with zero attached hydrogens (tertiary/aromatic N) is 3. The van der Waals surface area contributed by atoms with Gasteiger partial charge in [0.2, 0.25) is 0 Å². The number of hydrogen-bond donors (Lipinski definition) is 0. The lowest BCUT2D eigenvalue weighted by Crippen LogP contribution is -1.99. The SMILES string of the molecule is Cn1cc(COc2ccc(CCl)cc2[N+](=O)[O-])cn1. The molecule has 7 heteroatoms. The summed E-state index contributed by atoms with van der Waals surface area (Å²) in [6.45, 7) is 0.231. The number of nitro groups is 1. The fraction of sp³-hybridized carbons (Fsp3) is 0.250. The van der Waals surface area contributed by atoms with E-state index in [1.165, 1.54) is 6.07 Å². The average Bonchev–Trinajstić information content (AvgIpc) is 2.82. The number of aromatic nitrogens is 2. The smallest absolute Gasteiger partial charge is 0.311 e. The summed E-state index contributed by atoms with van der Waals surface area (Å²) in [7, 11) is 1.79. The standard InChI is InChI=1S/C12H12ClN3O3/c1-15-7-10(6-14-15)8-19-12-3-2-9(5-13)4-11(12)16(17)18/h2-4,6-7H,5,8H2,1H3. The number of benzene rings is 1. The van der Waals surface area contributed by atoms with Gasteiger partial charge in [0.05, 0.1) is 11.1 Å². The van der Waals surface area contributed by atoms with Gasteiger partial charge in [-0.3, -0.25) is 14.8 Å². The normalized spacial score (nSPS) is 10.4. The zero-order valence-electron chi connectivity index (χ0n) is 10.2. The molecule has 0 aliphatic carbocycles. The lowest BCUT2D eigenvalue weighted by Gasteiger charge is -2.06. The molecule has 0 fully saturated rings. The van der Waals surface area contributed by atoms with E-state index in [4.69, 9.17) is 16.3 Å². The minimum Gasteiger partial charge on any atom is -0.482 e. The minimum atomic E-state index is -0.478. The van der Waals surface area contributed by atoms with Gasteiger partial charge in [-0.1, -0.05) is 6.07 Å². The number of aryl methyl sites for hydroxylation is 1. The molecular formula is C12H12ClN3O3. The first-order valence-electron chi connectivity index (χ1n) is 5.53. The number of rotatable bonds is 5. The van der Waals surface area contributed by atoms with Crippen LogP contribution >= 0.6 is 11.6 Å². The molecule has 0 unspecified atom stereocenters. The largest absolute Gasteiger partial charge is 0.482 e. The molecule has 0 atom stereocenters. The first-order valence-corrected chi connectivity index (χ1v) is 6.07. The maximum atomic E-state index is 11.0. The molecule has 0 amide bonds. The van der Waals surface area contributed by atoms with Crippen LogP contribution < -0.4 is 4.74 Å². The van der Waals surface area contributed by atoms with Crippen molar-refractivity contribution in [1.82, 2.24) is 9.78 Å². The molecule has 1 aromatic carbocycles. The summed E-state index contributed by atoms with van der Waals surface area (Å²) < 4.78 is 7.10. The quantitative estimate of drug-likeness (QED) is 0.480. The van der Waals surface area contributed by atoms with Crippen molar-refractivity contribution in [2.24, 2.45) is 7.05 Å². The van der Waals surface area contributed by atoms with Crippen molar-refractivity contribution in [3.63, 3.8) is 0 Å². The summed E-state index contributed by atoms with van der Waals surface area (Å²) in [5.74, 6) is 0.451. The van der Waals surface area contributed by atoms with Crippen molar-refractivity contribution in [2.75, 3.05) is 0 Å². The van der Waals surface area contributed by atoms with Crippen LogP contribution in [0.1, 0.15) is 11.1 Å². The molecule has 100 valence electrons. The van der Waals surface area contributed by atoms with Gasteiger partial charge >= 0.3 is 5.69 Å². The Bertz CT molecular complexity index is 598. The predicted octanol–water partition coefficient (Wildman–Crippen LogP) is 2.65. The Balaban J connectivity index is 2.17. The zero-order chi connectivity index (χ0) is 13.8. The van der Waals surface area contributed by atoms with Crippen molar-refractivity contribution in [1.29, 1.82) is 0 Å². The van der Waals surface area contributed by atoms with Gasteiger partial charge in [-0.25, -0.2) is 0 Å². The second kappa shape index (κ2) is 5.71. The van der Waals surface area contributed by atoms with Crippen LogP contribution in [0.15, 0.2) is 30.6 Å². The third-order valence-electron chi connectivity index (χ3n) is 2.53. The Morgan fingerprint density at radius 2 is 2.26 bits per heavy atom. The van der Waals surface area contributed by atoms with Crippen LogP contribution in [0.3, 0.4) is 0 Å². The number of hydrogen-bond acceptors (Lipinski definition) is 4. The van der Waals surface area contributed by atoms with Crippen LogP contribution in [0.25, 0.3) is 0 Å². The Labute approximate surface area is 114 Å². The van der Waals surface area contributed by atoms with Crippen LogP contribution in [-0.2, 0) is 19.5 Å². The van der Waals surface area contributed by atoms with E-state index < -0.39 is 4.92 Å². The first-order chi connectivity index (χ1) is 9.10. The van der Waals surface area contributed by atoms with Crippen molar-refractivity contribution in [3.8, 4) is 5.75 Å². The van der Waals surface area contributed by atoms with Gasteiger partial charge < -0.3 is 4.74 Å². The lowest BCUT2D eigenvalue weighted by molar-refractivity contribution is -0.386. The number of nitro benzene ring substituents is 1. The van der Waals surface area contributed by atoms with E-state index in [-0.39, 0.29) is 23.9 Å². The average molecular weight is 282 g/mol. The Morgan fingerprint density at radius 1 is 1.47 bits per heavy atom. The molecule has 1 aromatic heterocycles. The van der Waals surface area contributed by atoms with Gasteiger partial charge in [-0.05, 0) is 11.6 Å². The fourth-order valence-electron chi connectivity index (χ4n) is 1.62. The topological polar surface area (TPSA) is 70.2 Å². The molecule has 2 rings (SSSR count). The first kappa shape index (κ1) is 13.4. The van der Waals surface area contributed by atoms with E-state index in [1.807, 2.05) is 0 Å². The third-order valence-corrected chi connectivity index (χ3v) is 2.84. The van der Waals surface area contributed by atoms with Crippen molar-refractivity contribution >= 4 is 17.3 Å². The van der Waals surface area contributed by atoms with E-state index in [0.29, 0.717) is 5.56 Å². The molecule has 0 bridgehead atoms. The summed E-state index contributed by atoms with van der Waals surface area (Å²) in [5.41, 5.74) is 1.45. The van der Waals surface area contributed by atoms with Gasteiger partial charge in [0, 0.05) is 30.8 Å². The van der Waals surface area contributed by atoms with E-state index in [9.17, 15) is 10.1 Å². The molecule has 6 nitrogen and oxygen atoms in total. The van der Waals surface area contributed by atoms with Crippen LogP contribution in [0.5, 0.6) is 5.75 Å². The highest BCUT2D eigenvalue weighted by atomic mass is 35.5. The van der Waals surface area contributed by atoms with Crippen molar-refractivity contribution in [3.05, 3.63) is 51.8 Å². The molecular weight excluding hydrogens is 270 g/mol. The number of ether oxygens (including phenoxy) is 1. The Kier molecular flexibility index (Phi) is 4.01. The number of halogens is 1. The predicted molar refractivity (Wildman–Crippen MR) is 70.2 cm³/mol. The summed E-state index contributed by atoms with van der Waals surface area (Å²) >= 11 is 5.66. The summed E-state index contributed by atoms with van der Waals surface area (Å²) in [4.78, 5) is 10.5. The van der Waals surface area contributed by atoms with Crippen LogP contribution in [0.4, 0.5) is 5.69 Å². The Morgan fingerprint density at radius 3 is 2.84 bits per heavy atom. The van der Waals surface area contributed by atoms with Crippen LogP contribution in [0, 0.1) is 10.1 Å². The third kappa shape index (κ3) is 3.23. The van der Waals surface area contributed by atoms with Gasteiger partial charge in [0.15, 0.2) is 5.75 Å². The highest BCUT2D eigenvalue weighted by Gasteiger charge is 2.16. The summed E-state index contributed by atoms with van der Waals surface area (Å²) in [6.07, 6.45) is 3.44. The minimum absolute atomic E-state index is 0.0814. The molecule has 1 heterocycles. The summed E-state index contributed by atoms with van der Waals surface area (Å²) in [5, 5.41) is 15.0. The van der Waals surface area contributed by atoms with Gasteiger partial charge in [-0.15, -0.1) is 11.6 Å². The fourth-order valence-corrected chi connectivity index (χ4v) is 1.78. The van der Waals surface area contributed by atoms with E-state index in [0.717, 1.165) is 5.56 Å². The molecule has 0 spiro atoms. The van der Waals surface area contributed by atoms with Crippen LogP contribution in [-0.4, -0.2) is 14.7 Å². The maximum Gasteiger partial charge on any atom is 0.311 e. The van der Waals surface area contributed by atoms with Gasteiger partial charge in [0.1, 0.15) is 6.61 Å². The van der Waals surface area contributed by atoms with Gasteiger partial charge in [-0.2, -0.15) is 5.10 Å². The Hall–Kier alpha value is -2.08. The molecule has 0 aliphatic heterocycles. The van der Waals surface area contributed by atoms with Crippen LogP contribution in [0.2, 0.25) is 0 Å². The van der Waals surface area contributed by atoms with Gasteiger partial charge in [0.25, 0.3) is 0 Å². The molecule has 0 radical (unpaired) electrons. The van der Waals surface area contributed by atoms with E-state index >= 15 is 0 Å². The molecule has 0 N–H and O–H groups in total. The molecule has 2 aromatic rings. The maximum absolute atomic E-state index is 11.0. The second-order valence-electron chi connectivity index (χ2n) is 4.00. The number of alkyl halides is 1.